The molecule has 2 bridgehead atoms. The van der Waals surface area contributed by atoms with E-state index in [1.54, 1.807) is 11.0 Å². The molecule has 2 saturated heterocycles. The number of halogens is 1. The van der Waals surface area contributed by atoms with Gasteiger partial charge in [0, 0.05) is 23.5 Å². The molecule has 0 radical (unpaired) electrons. The van der Waals surface area contributed by atoms with Crippen LogP contribution in [0.2, 0.25) is 0 Å². The maximum Gasteiger partial charge on any atom is 0.410 e. The van der Waals surface area contributed by atoms with Gasteiger partial charge in [0.1, 0.15) is 18.2 Å². The normalized spacial score (nSPS) is 21.9. The zero-order valence-corrected chi connectivity index (χ0v) is 21.3. The Kier molecular flexibility index (Phi) is 6.62. The summed E-state index contributed by atoms with van der Waals surface area (Å²) in [4.78, 5) is 28.5. The van der Waals surface area contributed by atoms with Crippen LogP contribution in [-0.4, -0.2) is 55.3 Å². The van der Waals surface area contributed by atoms with E-state index in [0.29, 0.717) is 44.0 Å². The topological polar surface area (TPSA) is 65.1 Å². The van der Waals surface area contributed by atoms with Crippen molar-refractivity contribution in [2.24, 2.45) is 5.92 Å². The summed E-state index contributed by atoms with van der Waals surface area (Å²) in [6, 6.07) is 20.1. The number of amides is 1. The Morgan fingerprint density at radius 1 is 0.947 bits per heavy atom. The highest BCUT2D eigenvalue weighted by Crippen LogP contribution is 2.45. The first-order chi connectivity index (χ1) is 18.5. The highest BCUT2D eigenvalue weighted by molar-refractivity contribution is 5.98. The number of hydrogen-bond donors (Lipinski definition) is 0. The van der Waals surface area contributed by atoms with E-state index < -0.39 is 5.82 Å². The van der Waals surface area contributed by atoms with Crippen LogP contribution in [0.1, 0.15) is 47.2 Å². The van der Waals surface area contributed by atoms with Crippen LogP contribution in [0.25, 0.3) is 11.1 Å². The van der Waals surface area contributed by atoms with Crippen molar-refractivity contribution in [1.29, 1.82) is 0 Å². The van der Waals surface area contributed by atoms with Crippen LogP contribution in [0, 0.1) is 11.7 Å². The Hall–Kier alpha value is -3.71. The lowest BCUT2D eigenvalue weighted by Crippen LogP contribution is -2.60. The van der Waals surface area contributed by atoms with Crippen molar-refractivity contribution in [1.82, 2.24) is 4.90 Å². The van der Waals surface area contributed by atoms with Gasteiger partial charge < -0.3 is 14.2 Å². The molecule has 2 aliphatic heterocycles. The average molecular weight is 516 g/mol. The predicted octanol–water partition coefficient (Wildman–Crippen LogP) is 5.84. The number of piperidine rings is 1. The molecule has 7 heteroatoms. The molecular formula is C31H30FNO5. The fourth-order valence-corrected chi connectivity index (χ4v) is 6.29. The van der Waals surface area contributed by atoms with Crippen molar-refractivity contribution in [3.8, 4) is 16.9 Å². The smallest absolute Gasteiger partial charge is 0.410 e. The first kappa shape index (κ1) is 24.6. The molecule has 3 aromatic carbocycles. The molecule has 6 nitrogen and oxygen atoms in total. The van der Waals surface area contributed by atoms with E-state index in [0.717, 1.165) is 11.1 Å². The molecule has 3 aliphatic rings. The summed E-state index contributed by atoms with van der Waals surface area (Å²) < 4.78 is 31.3. The van der Waals surface area contributed by atoms with Crippen LogP contribution in [0.5, 0.6) is 5.75 Å². The average Bonchev–Trinajstić information content (AvgIpc) is 3.24. The molecule has 38 heavy (non-hydrogen) atoms. The third-order valence-electron chi connectivity index (χ3n) is 7.90. The fourth-order valence-electron chi connectivity index (χ4n) is 6.29. The summed E-state index contributed by atoms with van der Waals surface area (Å²) in [6.45, 7) is 3.13. The highest BCUT2D eigenvalue weighted by atomic mass is 19.1. The maximum atomic E-state index is 14.2. The second kappa shape index (κ2) is 10.2. The van der Waals surface area contributed by atoms with E-state index in [4.69, 9.17) is 14.2 Å². The maximum absolute atomic E-state index is 14.2. The van der Waals surface area contributed by atoms with Crippen LogP contribution in [0.4, 0.5) is 9.18 Å². The Labute approximate surface area is 221 Å². The molecule has 3 aromatic rings. The van der Waals surface area contributed by atoms with Crippen LogP contribution in [-0.2, 0) is 9.47 Å². The molecule has 0 N–H and O–H groups in total. The van der Waals surface area contributed by atoms with Crippen molar-refractivity contribution in [3.63, 3.8) is 0 Å². The van der Waals surface area contributed by atoms with Gasteiger partial charge in [0.15, 0.2) is 5.78 Å². The summed E-state index contributed by atoms with van der Waals surface area (Å²) in [5.41, 5.74) is 4.98. The van der Waals surface area contributed by atoms with E-state index in [-0.39, 0.29) is 42.4 Å². The van der Waals surface area contributed by atoms with Gasteiger partial charge in [-0.05, 0) is 54.2 Å². The Bertz CT molecular complexity index is 1310. The number of hydrogen-bond acceptors (Lipinski definition) is 5. The second-order valence-corrected chi connectivity index (χ2v) is 10.2. The number of ether oxygens (including phenoxy) is 3. The molecule has 2 atom stereocenters. The number of carbonyl (C=O) groups is 2. The highest BCUT2D eigenvalue weighted by Gasteiger charge is 2.45. The van der Waals surface area contributed by atoms with Crippen molar-refractivity contribution in [2.75, 3.05) is 26.4 Å². The number of morpholine rings is 1. The van der Waals surface area contributed by atoms with Gasteiger partial charge in [-0.2, -0.15) is 0 Å². The SMILES string of the molecule is CCOc1cc(F)cc(C(=O)C2CC3COCC(C2)N3C(=O)OCC2c3ccccc3-c3ccccc32)c1. The minimum Gasteiger partial charge on any atom is -0.494 e. The largest absolute Gasteiger partial charge is 0.494 e. The summed E-state index contributed by atoms with van der Waals surface area (Å²) in [5.74, 6) is -0.638. The quantitative estimate of drug-likeness (QED) is 0.386. The van der Waals surface area contributed by atoms with E-state index in [2.05, 4.69) is 24.3 Å². The Balaban J connectivity index is 1.16. The van der Waals surface area contributed by atoms with Gasteiger partial charge in [-0.15, -0.1) is 0 Å². The number of fused-ring (bicyclic) bond motifs is 5. The molecule has 2 fully saturated rings. The summed E-state index contributed by atoms with van der Waals surface area (Å²) in [5, 5.41) is 0. The van der Waals surface area contributed by atoms with Gasteiger partial charge in [0.2, 0.25) is 0 Å². The zero-order valence-electron chi connectivity index (χ0n) is 21.3. The van der Waals surface area contributed by atoms with Crippen molar-refractivity contribution >= 4 is 11.9 Å². The van der Waals surface area contributed by atoms with Gasteiger partial charge in [-0.1, -0.05) is 48.5 Å². The zero-order chi connectivity index (χ0) is 26.2. The lowest BCUT2D eigenvalue weighted by Gasteiger charge is -2.47. The van der Waals surface area contributed by atoms with Crippen molar-refractivity contribution in [2.45, 2.75) is 37.8 Å². The number of Topliss-reactive ketones (excluding diaryl/α,β-unsaturated/α-hetero) is 1. The van der Waals surface area contributed by atoms with Gasteiger partial charge in [-0.25, -0.2) is 9.18 Å². The molecule has 1 amide bonds. The van der Waals surface area contributed by atoms with Gasteiger partial charge >= 0.3 is 6.09 Å². The monoisotopic (exact) mass is 515 g/mol. The van der Waals surface area contributed by atoms with Gasteiger partial charge in [0.25, 0.3) is 0 Å². The number of carbonyl (C=O) groups excluding carboxylic acids is 2. The van der Waals surface area contributed by atoms with Gasteiger partial charge in [-0.3, -0.25) is 9.69 Å². The minimum atomic E-state index is -0.501. The Morgan fingerprint density at radius 3 is 2.21 bits per heavy atom. The van der Waals surface area contributed by atoms with E-state index in [1.807, 2.05) is 31.2 Å². The van der Waals surface area contributed by atoms with Crippen LogP contribution >= 0.6 is 0 Å². The number of rotatable bonds is 6. The molecule has 1 aliphatic carbocycles. The van der Waals surface area contributed by atoms with Crippen LogP contribution in [0.15, 0.2) is 66.7 Å². The fraction of sp³-hybridized carbons (Fsp3) is 0.355. The van der Waals surface area contributed by atoms with E-state index >= 15 is 0 Å². The molecule has 2 unspecified atom stereocenters. The molecule has 0 saturated carbocycles. The molecule has 2 heterocycles. The van der Waals surface area contributed by atoms with Crippen molar-refractivity contribution < 1.29 is 28.2 Å². The number of ketones is 1. The first-order valence-corrected chi connectivity index (χ1v) is 13.2. The molecule has 196 valence electrons. The van der Waals surface area contributed by atoms with E-state index in [1.165, 1.54) is 23.3 Å². The summed E-state index contributed by atoms with van der Waals surface area (Å²) in [6.07, 6.45) is 0.514. The molecule has 6 rings (SSSR count). The lowest BCUT2D eigenvalue weighted by atomic mass is 9.81. The van der Waals surface area contributed by atoms with E-state index in [9.17, 15) is 14.0 Å². The molecular weight excluding hydrogens is 485 g/mol. The standard InChI is InChI=1S/C31H30FNO5/c1-2-37-24-14-19(11-21(32)15-24)30(34)20-12-22-16-36-17-23(13-20)33(22)31(35)38-18-29-27-9-5-3-7-25(27)26-8-4-6-10-28(26)29/h3-11,14-15,20,22-23,29H,2,12-13,16-18H2,1H3. The predicted molar refractivity (Wildman–Crippen MR) is 140 cm³/mol. The second-order valence-electron chi connectivity index (χ2n) is 10.2. The molecule has 0 aromatic heterocycles. The first-order valence-electron chi connectivity index (χ1n) is 13.2. The molecule has 0 spiro atoms. The van der Waals surface area contributed by atoms with Crippen LogP contribution in [0.3, 0.4) is 0 Å². The van der Waals surface area contributed by atoms with Crippen molar-refractivity contribution in [3.05, 3.63) is 89.2 Å². The third kappa shape index (κ3) is 4.45. The number of benzene rings is 3. The number of nitrogens with zero attached hydrogens (tertiary/aromatic N) is 1. The summed E-state index contributed by atoms with van der Waals surface area (Å²) >= 11 is 0. The van der Waals surface area contributed by atoms with Gasteiger partial charge in [0.05, 0.1) is 31.9 Å². The minimum absolute atomic E-state index is 0.0194. The lowest BCUT2D eigenvalue weighted by molar-refractivity contribution is -0.0747. The Morgan fingerprint density at radius 2 is 1.58 bits per heavy atom. The summed E-state index contributed by atoms with van der Waals surface area (Å²) in [7, 11) is 0. The van der Waals surface area contributed by atoms with Crippen LogP contribution < -0.4 is 4.74 Å². The third-order valence-corrected chi connectivity index (χ3v) is 7.90.